The first-order valence-electron chi connectivity index (χ1n) is 20.2. The van der Waals surface area contributed by atoms with Crippen LogP contribution < -0.4 is 71.9 Å². The SMILES string of the molecule is CC[N+](CC)(CC)CC.CC[N+](CC)(CC)CC.CC[N+](CC)(CC)CC.Fc1c(I)c(F)c(I)c(F)c1I.Fc1c(I)c(F)c(I)c(F)c1I.Fc1c(I)c(F)c(I)c(F)c1I.[I-].[I-].[I-]. The number of benzene rings is 3. The summed E-state index contributed by atoms with van der Waals surface area (Å²) < 4.78 is 119. The average molecular weight is 2300 g/mol. The Balaban J connectivity index is -0.000000163. The van der Waals surface area contributed by atoms with Crippen LogP contribution in [0.4, 0.5) is 39.5 Å². The summed E-state index contributed by atoms with van der Waals surface area (Å²) in [6.07, 6.45) is 0. The van der Waals surface area contributed by atoms with Crippen molar-refractivity contribution >= 4 is 203 Å². The van der Waals surface area contributed by atoms with E-state index in [1.807, 2.05) is 0 Å². The normalized spacial score (nSPS) is 10.6. The van der Waals surface area contributed by atoms with Crippen molar-refractivity contribution < 1.29 is 125 Å². The molecule has 0 unspecified atom stereocenters. The van der Waals surface area contributed by atoms with E-state index in [4.69, 9.17) is 0 Å². The lowest BCUT2D eigenvalue weighted by Crippen LogP contribution is -3.00. The Bertz CT molecular complexity index is 1280. The molecule has 66 heavy (non-hydrogen) atoms. The highest BCUT2D eigenvalue weighted by atomic mass is 127. The fraction of sp³-hybridized carbons (Fsp3) is 0.571. The molecule has 390 valence electrons. The second kappa shape index (κ2) is 42.7. The maximum Gasteiger partial charge on any atom is 0.155 e. The van der Waals surface area contributed by atoms with Crippen molar-refractivity contribution in [3.63, 3.8) is 0 Å². The molecule has 0 amide bonds. The summed E-state index contributed by atoms with van der Waals surface area (Å²) in [5.41, 5.74) is 0. The number of nitrogens with zero attached hydrogens (tertiary/aromatic N) is 3. The molecular weight excluding hydrogens is 2240 g/mol. The third kappa shape index (κ3) is 25.4. The van der Waals surface area contributed by atoms with Gasteiger partial charge < -0.3 is 85.4 Å². The van der Waals surface area contributed by atoms with Gasteiger partial charge in [-0.2, -0.15) is 0 Å². The van der Waals surface area contributed by atoms with Gasteiger partial charge in [0.05, 0.1) is 111 Å². The summed E-state index contributed by atoms with van der Waals surface area (Å²) in [5.74, 6) is -7.44. The predicted octanol–water partition coefficient (Wildman–Crippen LogP) is 8.41. The first-order valence-corrected chi connectivity index (χ1v) is 29.9. The number of hydrogen-bond acceptors (Lipinski definition) is 0. The Labute approximate surface area is 564 Å². The van der Waals surface area contributed by atoms with Crippen LogP contribution in [-0.4, -0.2) is 92.0 Å². The van der Waals surface area contributed by atoms with Crippen LogP contribution >= 0.6 is 203 Å². The lowest BCUT2D eigenvalue weighted by Gasteiger charge is -2.34. The molecule has 0 aliphatic carbocycles. The minimum absolute atomic E-state index is 0. The van der Waals surface area contributed by atoms with Crippen LogP contribution in [0, 0.1) is 84.5 Å². The molecule has 3 nitrogen and oxygen atoms in total. The minimum atomic E-state index is -0.827. The van der Waals surface area contributed by atoms with Crippen LogP contribution in [0.1, 0.15) is 83.1 Å². The van der Waals surface area contributed by atoms with Gasteiger partial charge in [0.15, 0.2) is 52.4 Å². The van der Waals surface area contributed by atoms with Crippen LogP contribution in [0.25, 0.3) is 0 Å². The quantitative estimate of drug-likeness (QED) is 0.0563. The van der Waals surface area contributed by atoms with E-state index in [-0.39, 0.29) is 104 Å². The zero-order valence-electron chi connectivity index (χ0n) is 38.8. The number of hydrogen-bond donors (Lipinski definition) is 0. The highest BCUT2D eigenvalue weighted by molar-refractivity contribution is 14.1. The molecular formula is C42H60F9I12N3. The van der Waals surface area contributed by atoms with Crippen LogP contribution in [-0.2, 0) is 0 Å². The third-order valence-electron chi connectivity index (χ3n) is 11.5. The van der Waals surface area contributed by atoms with Gasteiger partial charge in [-0.05, 0) is 286 Å². The number of halogens is 21. The van der Waals surface area contributed by atoms with Gasteiger partial charge in [-0.1, -0.05) is 0 Å². The van der Waals surface area contributed by atoms with E-state index in [0.717, 1.165) is 0 Å². The van der Waals surface area contributed by atoms with E-state index in [9.17, 15) is 39.5 Å². The second-order valence-electron chi connectivity index (χ2n) is 13.5. The Hall–Kier alpha value is 5.67. The smallest absolute Gasteiger partial charge is 0.155 e. The summed E-state index contributed by atoms with van der Waals surface area (Å²) >= 11 is 13.6. The Morgan fingerprint density at radius 1 is 0.212 bits per heavy atom. The average Bonchev–Trinajstić information content (AvgIpc) is 3.32. The lowest BCUT2D eigenvalue weighted by molar-refractivity contribution is -0.921. The standard InChI is InChI=1S/3C8H20N.3C6F3I3.3HI/c3*1-5-9(6-2,7-3)8-4;3*7-1-4(10)2(8)6(12)3(9)5(1)11;;;/h3*5-8H2,1-4H3;;;;3*1H/q3*+1;;;;;;/p-3. The van der Waals surface area contributed by atoms with Crippen LogP contribution in [0.2, 0.25) is 0 Å². The van der Waals surface area contributed by atoms with Crippen LogP contribution in [0.3, 0.4) is 0 Å². The molecule has 0 saturated heterocycles. The van der Waals surface area contributed by atoms with Crippen molar-refractivity contribution in [2.45, 2.75) is 83.1 Å². The van der Waals surface area contributed by atoms with Gasteiger partial charge in [-0.3, -0.25) is 0 Å². The van der Waals surface area contributed by atoms with E-state index in [0.29, 0.717) is 0 Å². The van der Waals surface area contributed by atoms with Crippen molar-refractivity contribution in [1.82, 2.24) is 0 Å². The first kappa shape index (κ1) is 83.0. The van der Waals surface area contributed by atoms with Gasteiger partial charge in [0.25, 0.3) is 0 Å². The molecule has 0 saturated carbocycles. The summed E-state index contributed by atoms with van der Waals surface area (Å²) in [6.45, 7) is 42.7. The molecule has 0 fully saturated rings. The fourth-order valence-corrected chi connectivity index (χ4v) is 15.3. The molecule has 0 atom stereocenters. The summed E-state index contributed by atoms with van der Waals surface area (Å²) in [5, 5.41) is 0. The van der Waals surface area contributed by atoms with E-state index in [1.165, 1.54) is 295 Å². The zero-order chi connectivity index (χ0) is 50.4. The Kier molecular flexibility index (Phi) is 53.6. The molecule has 0 bridgehead atoms. The number of quaternary nitrogens is 3. The highest BCUT2D eigenvalue weighted by Gasteiger charge is 2.23. The molecule has 3 rings (SSSR count). The summed E-state index contributed by atoms with van der Waals surface area (Å²) in [7, 11) is 0. The van der Waals surface area contributed by atoms with E-state index < -0.39 is 52.4 Å². The van der Waals surface area contributed by atoms with Crippen LogP contribution in [0.5, 0.6) is 0 Å². The van der Waals surface area contributed by atoms with Crippen molar-refractivity contribution in [3.8, 4) is 0 Å². The molecule has 0 aliphatic rings. The molecule has 24 heteroatoms. The molecule has 3 aromatic carbocycles. The van der Waals surface area contributed by atoms with E-state index >= 15 is 0 Å². The van der Waals surface area contributed by atoms with Crippen molar-refractivity contribution in [2.75, 3.05) is 78.5 Å². The minimum Gasteiger partial charge on any atom is -1.00 e. The molecule has 0 heterocycles. The predicted molar refractivity (Wildman–Crippen MR) is 321 cm³/mol. The maximum absolute atomic E-state index is 12.9. The molecule has 0 radical (unpaired) electrons. The first-order chi connectivity index (χ1) is 29.1. The van der Waals surface area contributed by atoms with Gasteiger partial charge in [0, 0.05) is 0 Å². The Morgan fingerprint density at radius 2 is 0.273 bits per heavy atom. The fourth-order valence-electron chi connectivity index (χ4n) is 5.76. The molecule has 0 spiro atoms. The zero-order valence-corrected chi connectivity index (χ0v) is 64.7. The molecule has 0 N–H and O–H groups in total. The van der Waals surface area contributed by atoms with Crippen molar-refractivity contribution in [2.24, 2.45) is 0 Å². The molecule has 3 aromatic rings. The third-order valence-corrected chi connectivity index (χ3v) is 20.0. The van der Waals surface area contributed by atoms with Crippen molar-refractivity contribution in [1.29, 1.82) is 0 Å². The van der Waals surface area contributed by atoms with Crippen LogP contribution in [0.15, 0.2) is 0 Å². The topological polar surface area (TPSA) is 0 Å². The van der Waals surface area contributed by atoms with Gasteiger partial charge >= 0.3 is 0 Å². The van der Waals surface area contributed by atoms with Gasteiger partial charge in [-0.15, -0.1) is 0 Å². The largest absolute Gasteiger partial charge is 1.00 e. The maximum atomic E-state index is 12.9. The molecule has 0 aliphatic heterocycles. The number of rotatable bonds is 12. The second-order valence-corrected chi connectivity index (χ2v) is 23.2. The van der Waals surface area contributed by atoms with Crippen molar-refractivity contribution in [3.05, 3.63) is 84.5 Å². The lowest BCUT2D eigenvalue weighted by atomic mass is 10.3. The summed E-state index contributed by atoms with van der Waals surface area (Å²) in [6, 6.07) is 0. The highest BCUT2D eigenvalue weighted by Crippen LogP contribution is 2.30. The summed E-state index contributed by atoms with van der Waals surface area (Å²) in [4.78, 5) is 0. The van der Waals surface area contributed by atoms with Gasteiger partial charge in [0.1, 0.15) is 0 Å². The van der Waals surface area contributed by atoms with E-state index in [1.54, 1.807) is 0 Å². The monoisotopic (exact) mass is 2300 g/mol. The Morgan fingerprint density at radius 3 is 0.303 bits per heavy atom. The van der Waals surface area contributed by atoms with Gasteiger partial charge in [0.2, 0.25) is 0 Å². The van der Waals surface area contributed by atoms with Gasteiger partial charge in [-0.25, -0.2) is 39.5 Å². The molecule has 0 aromatic heterocycles. The van der Waals surface area contributed by atoms with E-state index in [2.05, 4.69) is 83.1 Å².